The van der Waals surface area contributed by atoms with Crippen molar-refractivity contribution in [2.75, 3.05) is 5.32 Å². The summed E-state index contributed by atoms with van der Waals surface area (Å²) in [5.74, 6) is 0. The van der Waals surface area contributed by atoms with Gasteiger partial charge in [-0.25, -0.2) is 0 Å². The highest BCUT2D eigenvalue weighted by atomic mass is 79.9. The topological polar surface area (TPSA) is 48.7 Å². The first kappa shape index (κ1) is 11.6. The molecule has 0 unspecified atom stereocenters. The molecule has 0 radical (unpaired) electrons. The molecular formula is C10H8BrN3S2. The minimum absolute atomic E-state index is 0.651. The molecule has 0 spiro atoms. The van der Waals surface area contributed by atoms with Crippen molar-refractivity contribution in [2.24, 2.45) is 0 Å². The quantitative estimate of drug-likeness (QED) is 0.938. The molecule has 6 heteroatoms. The van der Waals surface area contributed by atoms with Gasteiger partial charge < -0.3 is 5.32 Å². The second-order valence-electron chi connectivity index (χ2n) is 3.13. The lowest BCUT2D eigenvalue weighted by atomic mass is 10.3. The average Bonchev–Trinajstić information content (AvgIpc) is 2.82. The van der Waals surface area contributed by atoms with Crippen molar-refractivity contribution in [3.05, 3.63) is 32.1 Å². The van der Waals surface area contributed by atoms with Gasteiger partial charge in [-0.2, -0.15) is 9.64 Å². The summed E-state index contributed by atoms with van der Waals surface area (Å²) < 4.78 is 5.26. The van der Waals surface area contributed by atoms with Crippen LogP contribution in [0, 0.1) is 18.3 Å². The number of halogens is 1. The highest BCUT2D eigenvalue weighted by Gasteiger charge is 2.10. The lowest BCUT2D eigenvalue weighted by Crippen LogP contribution is -1.97. The number of nitrogens with zero attached hydrogens (tertiary/aromatic N) is 2. The molecule has 0 saturated carbocycles. The lowest BCUT2D eigenvalue weighted by molar-refractivity contribution is 1.19. The number of hydrogen-bond donors (Lipinski definition) is 1. The third kappa shape index (κ3) is 2.26. The van der Waals surface area contributed by atoms with Gasteiger partial charge in [-0.15, -0.1) is 11.3 Å². The molecule has 0 aliphatic heterocycles. The Kier molecular flexibility index (Phi) is 3.59. The fourth-order valence-corrected chi connectivity index (χ4v) is 3.41. The molecule has 2 heterocycles. The van der Waals surface area contributed by atoms with Crippen LogP contribution >= 0.6 is 38.8 Å². The van der Waals surface area contributed by atoms with E-state index in [2.05, 4.69) is 31.7 Å². The van der Waals surface area contributed by atoms with Crippen LogP contribution in [0.5, 0.6) is 0 Å². The van der Waals surface area contributed by atoms with Crippen LogP contribution < -0.4 is 5.32 Å². The second-order valence-corrected chi connectivity index (χ2v) is 5.76. The van der Waals surface area contributed by atoms with Gasteiger partial charge in [-0.05, 0) is 45.8 Å². The molecule has 3 nitrogen and oxygen atoms in total. The van der Waals surface area contributed by atoms with E-state index in [1.807, 2.05) is 18.4 Å². The Balaban J connectivity index is 2.11. The number of aromatic nitrogens is 1. The van der Waals surface area contributed by atoms with Crippen molar-refractivity contribution >= 4 is 43.8 Å². The first-order chi connectivity index (χ1) is 7.72. The summed E-state index contributed by atoms with van der Waals surface area (Å²) in [6.45, 7) is 2.57. The summed E-state index contributed by atoms with van der Waals surface area (Å²) in [5.41, 5.74) is 1.44. The number of rotatable bonds is 3. The van der Waals surface area contributed by atoms with Crippen molar-refractivity contribution in [3.63, 3.8) is 0 Å². The lowest BCUT2D eigenvalue weighted by Gasteiger charge is -2.02. The van der Waals surface area contributed by atoms with Crippen molar-refractivity contribution in [3.8, 4) is 6.07 Å². The van der Waals surface area contributed by atoms with Gasteiger partial charge in [0, 0.05) is 9.35 Å². The summed E-state index contributed by atoms with van der Waals surface area (Å²) in [5, 5.41) is 15.1. The first-order valence-corrected chi connectivity index (χ1v) is 6.99. The predicted molar refractivity (Wildman–Crippen MR) is 70.9 cm³/mol. The molecule has 2 aromatic rings. The standard InChI is InChI=1S/C10H8BrN3S2/c1-6-7(4-12)10(16-14-6)13-5-9-8(11)2-3-15-9/h2-3,13H,5H2,1H3. The van der Waals surface area contributed by atoms with Gasteiger partial charge in [0.2, 0.25) is 0 Å². The zero-order chi connectivity index (χ0) is 11.5. The van der Waals surface area contributed by atoms with Crippen LogP contribution in [-0.2, 0) is 6.54 Å². The second kappa shape index (κ2) is 4.95. The summed E-state index contributed by atoms with van der Waals surface area (Å²) in [6.07, 6.45) is 0. The van der Waals surface area contributed by atoms with Crippen LogP contribution in [0.15, 0.2) is 15.9 Å². The molecule has 2 aromatic heterocycles. The van der Waals surface area contributed by atoms with Crippen LogP contribution in [0.3, 0.4) is 0 Å². The number of hydrogen-bond acceptors (Lipinski definition) is 5. The molecule has 82 valence electrons. The van der Waals surface area contributed by atoms with E-state index in [1.165, 1.54) is 16.4 Å². The van der Waals surface area contributed by atoms with Gasteiger partial charge in [-0.3, -0.25) is 0 Å². The van der Waals surface area contributed by atoms with Crippen LogP contribution in [0.25, 0.3) is 0 Å². The fourth-order valence-electron chi connectivity index (χ4n) is 1.23. The van der Waals surface area contributed by atoms with Gasteiger partial charge in [0.05, 0.1) is 12.2 Å². The summed E-state index contributed by atoms with van der Waals surface area (Å²) >= 11 is 6.49. The van der Waals surface area contributed by atoms with Crippen molar-refractivity contribution in [1.29, 1.82) is 5.26 Å². The maximum absolute atomic E-state index is 8.97. The average molecular weight is 314 g/mol. The Morgan fingerprint density at radius 3 is 3.06 bits per heavy atom. The fraction of sp³-hybridized carbons (Fsp3) is 0.200. The van der Waals surface area contributed by atoms with Crippen molar-refractivity contribution in [2.45, 2.75) is 13.5 Å². The molecule has 0 aliphatic carbocycles. The molecule has 2 rings (SSSR count). The zero-order valence-corrected chi connectivity index (χ0v) is 11.7. The number of anilines is 1. The number of nitrogens with one attached hydrogen (secondary N) is 1. The zero-order valence-electron chi connectivity index (χ0n) is 8.45. The van der Waals surface area contributed by atoms with Crippen LogP contribution in [0.2, 0.25) is 0 Å². The van der Waals surface area contributed by atoms with Gasteiger partial charge in [0.15, 0.2) is 0 Å². The molecule has 0 aliphatic rings. The van der Waals surface area contributed by atoms with E-state index in [0.717, 1.165) is 15.2 Å². The van der Waals surface area contributed by atoms with Crippen molar-refractivity contribution < 1.29 is 0 Å². The SMILES string of the molecule is Cc1nsc(NCc2sccc2Br)c1C#N. The van der Waals surface area contributed by atoms with Crippen LogP contribution in [-0.4, -0.2) is 4.37 Å². The van der Waals surface area contributed by atoms with Crippen LogP contribution in [0.4, 0.5) is 5.00 Å². The number of thiophene rings is 1. The molecule has 0 bridgehead atoms. The monoisotopic (exact) mass is 313 g/mol. The summed E-state index contributed by atoms with van der Waals surface area (Å²) in [6, 6.07) is 4.18. The van der Waals surface area contributed by atoms with Gasteiger partial charge in [0.25, 0.3) is 0 Å². The Morgan fingerprint density at radius 1 is 1.62 bits per heavy atom. The molecular weight excluding hydrogens is 306 g/mol. The smallest absolute Gasteiger partial charge is 0.128 e. The van der Waals surface area contributed by atoms with E-state index in [-0.39, 0.29) is 0 Å². The molecule has 0 atom stereocenters. The minimum Gasteiger partial charge on any atom is -0.370 e. The predicted octanol–water partition coefficient (Wildman–Crippen LogP) is 3.76. The van der Waals surface area contributed by atoms with Gasteiger partial charge in [-0.1, -0.05) is 0 Å². The van der Waals surface area contributed by atoms with Crippen LogP contribution in [0.1, 0.15) is 16.1 Å². The van der Waals surface area contributed by atoms with E-state index in [0.29, 0.717) is 12.1 Å². The Morgan fingerprint density at radius 2 is 2.44 bits per heavy atom. The van der Waals surface area contributed by atoms with E-state index < -0.39 is 0 Å². The molecule has 0 aromatic carbocycles. The number of nitriles is 1. The third-order valence-electron chi connectivity index (χ3n) is 2.08. The highest BCUT2D eigenvalue weighted by molar-refractivity contribution is 9.10. The molecule has 1 N–H and O–H groups in total. The number of aryl methyl sites for hydroxylation is 1. The Hall–Kier alpha value is -0.900. The maximum atomic E-state index is 8.97. The summed E-state index contributed by atoms with van der Waals surface area (Å²) in [7, 11) is 0. The normalized spacial score (nSPS) is 10.1. The molecule has 0 fully saturated rings. The minimum atomic E-state index is 0.651. The molecule has 16 heavy (non-hydrogen) atoms. The van der Waals surface area contributed by atoms with E-state index in [9.17, 15) is 0 Å². The van der Waals surface area contributed by atoms with Gasteiger partial charge >= 0.3 is 0 Å². The largest absolute Gasteiger partial charge is 0.370 e. The van der Waals surface area contributed by atoms with Crippen molar-refractivity contribution in [1.82, 2.24) is 4.37 Å². The molecule has 0 saturated heterocycles. The maximum Gasteiger partial charge on any atom is 0.128 e. The first-order valence-electron chi connectivity index (χ1n) is 4.54. The van der Waals surface area contributed by atoms with E-state index >= 15 is 0 Å². The third-order valence-corrected chi connectivity index (χ3v) is 4.90. The van der Waals surface area contributed by atoms with Gasteiger partial charge in [0.1, 0.15) is 16.6 Å². The van der Waals surface area contributed by atoms with E-state index in [4.69, 9.17) is 5.26 Å². The Bertz CT molecular complexity index is 538. The van der Waals surface area contributed by atoms with E-state index in [1.54, 1.807) is 11.3 Å². The summed E-state index contributed by atoms with van der Waals surface area (Å²) in [4.78, 5) is 1.22. The highest BCUT2D eigenvalue weighted by Crippen LogP contribution is 2.27. The molecule has 0 amide bonds. The Labute approximate surface area is 110 Å².